The van der Waals surface area contributed by atoms with Crippen LogP contribution >= 0.6 is 0 Å². The van der Waals surface area contributed by atoms with Crippen molar-refractivity contribution in [3.63, 3.8) is 0 Å². The maximum absolute atomic E-state index is 12.1. The van der Waals surface area contributed by atoms with E-state index in [1.54, 1.807) is 0 Å². The van der Waals surface area contributed by atoms with E-state index >= 15 is 0 Å². The Labute approximate surface area is 208 Å². The largest absolute Gasteiger partial charge is 0.461 e. The molecule has 194 valence electrons. The van der Waals surface area contributed by atoms with Gasteiger partial charge in [0.25, 0.3) is 0 Å². The van der Waals surface area contributed by atoms with Gasteiger partial charge in [0.05, 0.1) is 6.61 Å². The molecule has 1 rings (SSSR count). The van der Waals surface area contributed by atoms with Crippen molar-refractivity contribution in [3.05, 3.63) is 11.6 Å². The summed E-state index contributed by atoms with van der Waals surface area (Å²) in [4.78, 5) is 24.2. The van der Waals surface area contributed by atoms with Gasteiger partial charge in [0.1, 0.15) is 6.61 Å². The lowest BCUT2D eigenvalue weighted by Crippen LogP contribution is -2.39. The summed E-state index contributed by atoms with van der Waals surface area (Å²) in [6.45, 7) is 5.94. The van der Waals surface area contributed by atoms with Crippen LogP contribution in [0.2, 0.25) is 0 Å². The zero-order valence-corrected chi connectivity index (χ0v) is 22.0. The van der Waals surface area contributed by atoms with E-state index in [1.165, 1.54) is 38.5 Å². The molecule has 0 saturated carbocycles. The molecule has 5 heteroatoms. The van der Waals surface area contributed by atoms with Crippen LogP contribution in [0.1, 0.15) is 124 Å². The van der Waals surface area contributed by atoms with E-state index in [0.29, 0.717) is 17.9 Å². The van der Waals surface area contributed by atoms with Crippen molar-refractivity contribution in [1.82, 2.24) is 0 Å². The summed E-state index contributed by atoms with van der Waals surface area (Å²) in [6, 6.07) is 0. The zero-order chi connectivity index (χ0) is 25.1. The van der Waals surface area contributed by atoms with E-state index in [4.69, 9.17) is 9.47 Å². The fourth-order valence-corrected chi connectivity index (χ4v) is 3.93. The van der Waals surface area contributed by atoms with Crippen molar-refractivity contribution in [2.24, 2.45) is 5.92 Å². The Hall–Kier alpha value is -1.80. The van der Waals surface area contributed by atoms with Crippen LogP contribution in [-0.2, 0) is 19.1 Å². The molecule has 0 radical (unpaired) electrons. The first-order valence-corrected chi connectivity index (χ1v) is 13.6. The van der Waals surface area contributed by atoms with Gasteiger partial charge >= 0.3 is 11.9 Å². The first-order chi connectivity index (χ1) is 16.4. The van der Waals surface area contributed by atoms with Gasteiger partial charge in [-0.1, -0.05) is 78.2 Å². The van der Waals surface area contributed by atoms with Crippen LogP contribution in [0.4, 0.5) is 0 Å². The minimum atomic E-state index is -1.13. The molecule has 1 aliphatic heterocycles. The molecule has 0 aromatic carbocycles. The molecular weight excluding hydrogens is 428 g/mol. The highest BCUT2D eigenvalue weighted by molar-refractivity contribution is 5.91. The number of unbranched alkanes of at least 4 members (excludes halogenated alkanes) is 11. The van der Waals surface area contributed by atoms with Crippen molar-refractivity contribution in [3.8, 4) is 11.8 Å². The van der Waals surface area contributed by atoms with Gasteiger partial charge in [-0.15, -0.1) is 11.8 Å². The minimum absolute atomic E-state index is 0.0928. The SMILES string of the molecule is CCCCCCCCC#CCCCCCCCC(=O)OCC1(CO)C/C(=C\CC(C)C)C(=O)O1. The van der Waals surface area contributed by atoms with Crippen LogP contribution in [0.25, 0.3) is 0 Å². The number of ether oxygens (including phenoxy) is 2. The van der Waals surface area contributed by atoms with E-state index in [-0.39, 0.29) is 25.6 Å². The first-order valence-electron chi connectivity index (χ1n) is 13.6. The fourth-order valence-electron chi connectivity index (χ4n) is 3.93. The molecular formula is C29H48O5. The summed E-state index contributed by atoms with van der Waals surface area (Å²) in [5.41, 5.74) is -0.572. The molecule has 1 heterocycles. The third-order valence-electron chi connectivity index (χ3n) is 6.17. The van der Waals surface area contributed by atoms with Gasteiger partial charge in [-0.05, 0) is 31.6 Å². The van der Waals surface area contributed by atoms with Crippen molar-refractivity contribution in [2.45, 2.75) is 129 Å². The van der Waals surface area contributed by atoms with Crippen LogP contribution in [0.15, 0.2) is 11.6 Å². The summed E-state index contributed by atoms with van der Waals surface area (Å²) < 4.78 is 10.7. The monoisotopic (exact) mass is 476 g/mol. The summed E-state index contributed by atoms with van der Waals surface area (Å²) in [7, 11) is 0. The second-order valence-corrected chi connectivity index (χ2v) is 10.1. The molecule has 1 unspecified atom stereocenters. The third-order valence-corrected chi connectivity index (χ3v) is 6.17. The van der Waals surface area contributed by atoms with Gasteiger partial charge in [-0.3, -0.25) is 4.79 Å². The quantitative estimate of drug-likeness (QED) is 0.104. The molecule has 0 spiro atoms. The van der Waals surface area contributed by atoms with E-state index in [2.05, 4.69) is 32.6 Å². The lowest BCUT2D eigenvalue weighted by Gasteiger charge is -2.24. The number of allylic oxidation sites excluding steroid dienone is 1. The summed E-state index contributed by atoms with van der Waals surface area (Å²) in [5.74, 6) is 6.29. The molecule has 5 nitrogen and oxygen atoms in total. The van der Waals surface area contributed by atoms with Gasteiger partial charge in [-0.25, -0.2) is 4.79 Å². The molecule has 0 bridgehead atoms. The van der Waals surface area contributed by atoms with Crippen LogP contribution in [0.5, 0.6) is 0 Å². The summed E-state index contributed by atoms with van der Waals surface area (Å²) >= 11 is 0. The molecule has 1 N–H and O–H groups in total. The summed E-state index contributed by atoms with van der Waals surface area (Å²) in [6.07, 6.45) is 18.3. The van der Waals surface area contributed by atoms with Crippen LogP contribution in [0, 0.1) is 17.8 Å². The molecule has 1 fully saturated rings. The highest BCUT2D eigenvalue weighted by Crippen LogP contribution is 2.31. The molecule has 0 aromatic rings. The van der Waals surface area contributed by atoms with Gasteiger partial charge in [0.15, 0.2) is 5.60 Å². The van der Waals surface area contributed by atoms with Crippen LogP contribution in [-0.4, -0.2) is 35.9 Å². The van der Waals surface area contributed by atoms with Crippen LogP contribution < -0.4 is 0 Å². The Kier molecular flexibility index (Phi) is 16.5. The highest BCUT2D eigenvalue weighted by Gasteiger charge is 2.44. The molecule has 0 aromatic heterocycles. The molecule has 1 saturated heterocycles. The van der Waals surface area contributed by atoms with Gasteiger partial charge < -0.3 is 14.6 Å². The number of cyclic esters (lactones) is 1. The number of aliphatic hydroxyl groups excluding tert-OH is 1. The van der Waals surface area contributed by atoms with Crippen LogP contribution in [0.3, 0.4) is 0 Å². The number of esters is 2. The maximum atomic E-state index is 12.1. The molecule has 1 atom stereocenters. The lowest BCUT2D eigenvalue weighted by atomic mass is 9.97. The van der Waals surface area contributed by atoms with Gasteiger partial charge in [-0.2, -0.15) is 0 Å². The summed E-state index contributed by atoms with van der Waals surface area (Å²) in [5, 5.41) is 9.75. The smallest absolute Gasteiger partial charge is 0.334 e. The standard InChI is InChI=1S/C29H48O5/c1-4-5-6-7-8-9-10-11-12-13-14-15-16-17-18-19-27(31)33-24-29(23-30)22-26(28(32)34-29)21-20-25(2)3/h21,25,30H,4-10,13-20,22-24H2,1-3H3/b26-21+. The normalized spacial score (nSPS) is 18.7. The second-order valence-electron chi connectivity index (χ2n) is 10.1. The number of rotatable bonds is 18. The Bertz CT molecular complexity index is 670. The first kappa shape index (κ1) is 30.2. The van der Waals surface area contributed by atoms with E-state index < -0.39 is 11.6 Å². The number of aliphatic hydroxyl groups is 1. The van der Waals surface area contributed by atoms with Crippen molar-refractivity contribution in [2.75, 3.05) is 13.2 Å². The maximum Gasteiger partial charge on any atom is 0.334 e. The van der Waals surface area contributed by atoms with Crippen molar-refractivity contribution >= 4 is 11.9 Å². The van der Waals surface area contributed by atoms with Crippen molar-refractivity contribution < 1.29 is 24.2 Å². The topological polar surface area (TPSA) is 72.8 Å². The fraction of sp³-hybridized carbons (Fsp3) is 0.793. The predicted octanol–water partition coefficient (Wildman–Crippen LogP) is 6.66. The van der Waals surface area contributed by atoms with Gasteiger partial charge in [0.2, 0.25) is 0 Å². The molecule has 0 aliphatic carbocycles. The minimum Gasteiger partial charge on any atom is -0.461 e. The van der Waals surface area contributed by atoms with E-state index in [0.717, 1.165) is 51.4 Å². The Morgan fingerprint density at radius 1 is 1.03 bits per heavy atom. The van der Waals surface area contributed by atoms with Gasteiger partial charge in [0, 0.05) is 31.3 Å². The number of hydrogen-bond acceptors (Lipinski definition) is 5. The number of hydrogen-bond donors (Lipinski definition) is 1. The lowest BCUT2D eigenvalue weighted by molar-refractivity contribution is -0.166. The Morgan fingerprint density at radius 2 is 1.62 bits per heavy atom. The number of carbonyl (C=O) groups excluding carboxylic acids is 2. The predicted molar refractivity (Wildman–Crippen MR) is 137 cm³/mol. The van der Waals surface area contributed by atoms with E-state index in [1.807, 2.05) is 6.08 Å². The zero-order valence-electron chi connectivity index (χ0n) is 22.0. The molecule has 1 aliphatic rings. The average molecular weight is 477 g/mol. The highest BCUT2D eigenvalue weighted by atomic mass is 16.6. The molecule has 34 heavy (non-hydrogen) atoms. The Balaban J connectivity index is 2.07. The van der Waals surface area contributed by atoms with Crippen molar-refractivity contribution in [1.29, 1.82) is 0 Å². The third kappa shape index (κ3) is 13.8. The average Bonchev–Trinajstić information content (AvgIpc) is 3.14. The second kappa shape index (κ2) is 18.5. The van der Waals surface area contributed by atoms with E-state index in [9.17, 15) is 14.7 Å². The number of carbonyl (C=O) groups is 2. The Morgan fingerprint density at radius 3 is 2.21 bits per heavy atom. The molecule has 0 amide bonds.